The molecule has 1 aliphatic carbocycles. The van der Waals surface area contributed by atoms with Gasteiger partial charge >= 0.3 is 0 Å². The molecule has 1 unspecified atom stereocenters. The van der Waals surface area contributed by atoms with Crippen LogP contribution in [0.25, 0.3) is 0 Å². The van der Waals surface area contributed by atoms with E-state index in [-0.39, 0.29) is 6.04 Å². The molecule has 0 amide bonds. The largest absolute Gasteiger partial charge is 0.326 e. The first-order valence-electron chi connectivity index (χ1n) is 6.11. The van der Waals surface area contributed by atoms with E-state index in [4.69, 9.17) is 5.73 Å². The molecule has 0 bridgehead atoms. The second-order valence-corrected chi connectivity index (χ2v) is 8.52. The van der Waals surface area contributed by atoms with E-state index in [2.05, 4.69) is 6.92 Å². The van der Waals surface area contributed by atoms with Crippen LogP contribution >= 0.6 is 0 Å². The van der Waals surface area contributed by atoms with Crippen molar-refractivity contribution >= 4 is 9.84 Å². The summed E-state index contributed by atoms with van der Waals surface area (Å²) < 4.78 is 22.6. The fourth-order valence-electron chi connectivity index (χ4n) is 2.46. The Labute approximate surface area is 99.7 Å². The van der Waals surface area contributed by atoms with Crippen LogP contribution in [0.4, 0.5) is 0 Å². The number of hydrogen-bond donors (Lipinski definition) is 1. The number of nitrogens with two attached hydrogens (primary N) is 1. The summed E-state index contributed by atoms with van der Waals surface area (Å²) in [5.74, 6) is 1.13. The monoisotopic (exact) mass is 247 g/mol. The van der Waals surface area contributed by atoms with Crippen molar-refractivity contribution in [1.29, 1.82) is 0 Å². The predicted molar refractivity (Wildman–Crippen MR) is 68.0 cm³/mol. The van der Waals surface area contributed by atoms with Crippen LogP contribution in [0.5, 0.6) is 0 Å². The van der Waals surface area contributed by atoms with E-state index < -0.39 is 14.6 Å². The Bertz CT molecular complexity index is 327. The van der Waals surface area contributed by atoms with Crippen LogP contribution in [0, 0.1) is 11.8 Å². The first kappa shape index (κ1) is 14.0. The molecule has 96 valence electrons. The van der Waals surface area contributed by atoms with Crippen molar-refractivity contribution in [1.82, 2.24) is 0 Å². The van der Waals surface area contributed by atoms with Crippen LogP contribution in [0.15, 0.2) is 0 Å². The van der Waals surface area contributed by atoms with Crippen LogP contribution in [-0.2, 0) is 9.84 Å². The van der Waals surface area contributed by atoms with Gasteiger partial charge in [0, 0.05) is 12.3 Å². The summed E-state index contributed by atoms with van der Waals surface area (Å²) in [7, 11) is -3.09. The summed E-state index contributed by atoms with van der Waals surface area (Å²) in [6.07, 6.45) is 5.79. The molecule has 0 aromatic rings. The van der Waals surface area contributed by atoms with Gasteiger partial charge in [0.1, 0.15) is 0 Å². The average molecular weight is 247 g/mol. The number of hydrogen-bond acceptors (Lipinski definition) is 3. The molecule has 0 heterocycles. The fraction of sp³-hybridized carbons (Fsp3) is 1.00. The molecule has 0 radical (unpaired) electrons. The van der Waals surface area contributed by atoms with E-state index in [9.17, 15) is 8.42 Å². The fourth-order valence-corrected chi connectivity index (χ4v) is 3.15. The van der Waals surface area contributed by atoms with Gasteiger partial charge < -0.3 is 5.73 Å². The van der Waals surface area contributed by atoms with Gasteiger partial charge in [-0.05, 0) is 38.5 Å². The summed E-state index contributed by atoms with van der Waals surface area (Å²) in [5.41, 5.74) is 6.18. The minimum Gasteiger partial charge on any atom is -0.326 e. The van der Waals surface area contributed by atoms with Crippen molar-refractivity contribution in [2.75, 3.05) is 6.26 Å². The molecule has 1 aliphatic rings. The summed E-state index contributed by atoms with van der Waals surface area (Å²) in [5, 5.41) is 0. The van der Waals surface area contributed by atoms with Gasteiger partial charge in [0.25, 0.3) is 0 Å². The molecule has 1 fully saturated rings. The lowest BCUT2D eigenvalue weighted by atomic mass is 9.76. The van der Waals surface area contributed by atoms with Crippen molar-refractivity contribution in [2.45, 2.75) is 57.2 Å². The van der Waals surface area contributed by atoms with E-state index in [1.54, 1.807) is 13.8 Å². The number of sulfone groups is 1. The molecule has 1 atom stereocenters. The normalized spacial score (nSPS) is 30.1. The lowest BCUT2D eigenvalue weighted by Crippen LogP contribution is -2.53. The van der Waals surface area contributed by atoms with Gasteiger partial charge in [-0.2, -0.15) is 0 Å². The van der Waals surface area contributed by atoms with Gasteiger partial charge in [0.15, 0.2) is 9.84 Å². The van der Waals surface area contributed by atoms with E-state index in [1.807, 2.05) is 0 Å². The third-order valence-corrected chi connectivity index (χ3v) is 6.51. The summed E-state index contributed by atoms with van der Waals surface area (Å²) in [6.45, 7) is 5.76. The summed E-state index contributed by atoms with van der Waals surface area (Å²) >= 11 is 0. The number of rotatable bonds is 3. The second-order valence-electron chi connectivity index (χ2n) is 5.92. The zero-order chi connectivity index (χ0) is 12.6. The second kappa shape index (κ2) is 4.65. The average Bonchev–Trinajstić information content (AvgIpc) is 2.16. The van der Waals surface area contributed by atoms with Crippen LogP contribution in [0.2, 0.25) is 0 Å². The van der Waals surface area contributed by atoms with Crippen molar-refractivity contribution in [2.24, 2.45) is 17.6 Å². The van der Waals surface area contributed by atoms with Crippen LogP contribution in [-0.4, -0.2) is 25.5 Å². The highest BCUT2D eigenvalue weighted by Gasteiger charge is 2.41. The zero-order valence-corrected chi connectivity index (χ0v) is 11.7. The molecule has 0 aromatic heterocycles. The molecular weight excluding hydrogens is 222 g/mol. The van der Waals surface area contributed by atoms with Crippen molar-refractivity contribution in [3.63, 3.8) is 0 Å². The maximum Gasteiger partial charge on any atom is 0.154 e. The first-order valence-corrected chi connectivity index (χ1v) is 8.00. The molecule has 2 N–H and O–H groups in total. The minimum absolute atomic E-state index is 0.241. The molecule has 4 heteroatoms. The Balaban J connectivity index is 2.75. The Morgan fingerprint density at radius 2 is 1.62 bits per heavy atom. The maximum atomic E-state index is 11.7. The van der Waals surface area contributed by atoms with Gasteiger partial charge in [-0.15, -0.1) is 0 Å². The van der Waals surface area contributed by atoms with Crippen LogP contribution in [0.1, 0.15) is 46.5 Å². The highest BCUT2D eigenvalue weighted by molar-refractivity contribution is 7.92. The smallest absolute Gasteiger partial charge is 0.154 e. The van der Waals surface area contributed by atoms with E-state index in [0.29, 0.717) is 5.92 Å². The highest BCUT2D eigenvalue weighted by Crippen LogP contribution is 2.35. The Kier molecular flexibility index (Phi) is 4.06. The SMILES string of the molecule is CC1CCC(C(N)C(C)(C)S(C)(=O)=O)CC1. The van der Waals surface area contributed by atoms with Crippen molar-refractivity contribution in [3.8, 4) is 0 Å². The molecule has 0 aromatic carbocycles. The Morgan fingerprint density at radius 1 is 1.19 bits per heavy atom. The third kappa shape index (κ3) is 2.77. The van der Waals surface area contributed by atoms with Gasteiger partial charge in [0.2, 0.25) is 0 Å². The summed E-state index contributed by atoms with van der Waals surface area (Å²) in [4.78, 5) is 0. The molecule has 1 rings (SSSR count). The topological polar surface area (TPSA) is 60.2 Å². The standard InChI is InChI=1S/C12H25NO2S/c1-9-5-7-10(8-6-9)11(13)12(2,3)16(4,14)15/h9-11H,5-8,13H2,1-4H3. The van der Waals surface area contributed by atoms with Crippen LogP contribution in [0.3, 0.4) is 0 Å². The highest BCUT2D eigenvalue weighted by atomic mass is 32.2. The lowest BCUT2D eigenvalue weighted by molar-refractivity contribution is 0.232. The Morgan fingerprint density at radius 3 is 2.00 bits per heavy atom. The van der Waals surface area contributed by atoms with E-state index >= 15 is 0 Å². The Hall–Kier alpha value is -0.0900. The first-order chi connectivity index (χ1) is 7.16. The lowest BCUT2D eigenvalue weighted by Gasteiger charge is -2.38. The van der Waals surface area contributed by atoms with Gasteiger partial charge in [0.05, 0.1) is 4.75 Å². The maximum absolute atomic E-state index is 11.7. The minimum atomic E-state index is -3.09. The van der Waals surface area contributed by atoms with Crippen molar-refractivity contribution in [3.05, 3.63) is 0 Å². The zero-order valence-electron chi connectivity index (χ0n) is 10.9. The molecule has 0 spiro atoms. The predicted octanol–water partition coefficient (Wildman–Crippen LogP) is 1.96. The van der Waals surface area contributed by atoms with Crippen LogP contribution < -0.4 is 5.73 Å². The van der Waals surface area contributed by atoms with Gasteiger partial charge in [-0.3, -0.25) is 0 Å². The molecule has 1 saturated carbocycles. The molecular formula is C12H25NO2S. The molecule has 0 aliphatic heterocycles. The quantitative estimate of drug-likeness (QED) is 0.829. The third-order valence-electron chi connectivity index (χ3n) is 4.33. The molecule has 0 saturated heterocycles. The summed E-state index contributed by atoms with van der Waals surface area (Å²) in [6, 6.07) is -0.241. The van der Waals surface area contributed by atoms with E-state index in [1.165, 1.54) is 19.1 Å². The van der Waals surface area contributed by atoms with Crippen molar-refractivity contribution < 1.29 is 8.42 Å². The molecule has 16 heavy (non-hydrogen) atoms. The van der Waals surface area contributed by atoms with E-state index in [0.717, 1.165) is 18.8 Å². The van der Waals surface area contributed by atoms with Gasteiger partial charge in [-0.1, -0.05) is 19.8 Å². The van der Waals surface area contributed by atoms with Gasteiger partial charge in [-0.25, -0.2) is 8.42 Å². The molecule has 3 nitrogen and oxygen atoms in total.